The molecule has 0 unspecified atom stereocenters. The summed E-state index contributed by atoms with van der Waals surface area (Å²) in [5, 5.41) is 3.22. The van der Waals surface area contributed by atoms with E-state index in [1.807, 2.05) is 0 Å². The lowest BCUT2D eigenvalue weighted by atomic mass is 10.1. The second kappa shape index (κ2) is 7.34. The molecule has 0 spiro atoms. The molecule has 0 bridgehead atoms. The average Bonchev–Trinajstić information content (AvgIpc) is 2.56. The van der Waals surface area contributed by atoms with E-state index in [4.69, 9.17) is 32.7 Å². The van der Waals surface area contributed by atoms with Crippen LogP contribution in [-0.4, -0.2) is 33.8 Å². The molecule has 1 aliphatic rings. The van der Waals surface area contributed by atoms with Gasteiger partial charge in [-0.15, -0.1) is 0 Å². The van der Waals surface area contributed by atoms with Gasteiger partial charge in [-0.3, -0.25) is 4.79 Å². The standard InChI is InChI=1S/C17H15Cl2NO5S/c1-26(22,23)11-2-3-12(18)14(9-11)20-16(21)8-10-6-13(19)17-15(7-10)24-4-5-25-17/h2-3,6-7,9H,4-5,8H2,1H3,(H,20,21). The van der Waals surface area contributed by atoms with E-state index >= 15 is 0 Å². The smallest absolute Gasteiger partial charge is 0.228 e. The van der Waals surface area contributed by atoms with Gasteiger partial charge in [-0.1, -0.05) is 23.2 Å². The Morgan fingerprint density at radius 1 is 1.12 bits per heavy atom. The molecule has 0 fully saturated rings. The number of anilines is 1. The molecule has 0 radical (unpaired) electrons. The van der Waals surface area contributed by atoms with Crippen LogP contribution < -0.4 is 14.8 Å². The molecule has 1 N–H and O–H groups in total. The van der Waals surface area contributed by atoms with Crippen LogP contribution in [0.4, 0.5) is 5.69 Å². The van der Waals surface area contributed by atoms with Gasteiger partial charge in [-0.2, -0.15) is 0 Å². The number of hydrogen-bond donors (Lipinski definition) is 1. The van der Waals surface area contributed by atoms with Gasteiger partial charge in [-0.05, 0) is 35.9 Å². The molecular formula is C17H15Cl2NO5S. The summed E-state index contributed by atoms with van der Waals surface area (Å²) in [6.07, 6.45) is 1.09. The summed E-state index contributed by atoms with van der Waals surface area (Å²) in [6.45, 7) is 0.828. The van der Waals surface area contributed by atoms with Gasteiger partial charge in [0.1, 0.15) is 13.2 Å². The van der Waals surface area contributed by atoms with Gasteiger partial charge in [-0.25, -0.2) is 8.42 Å². The predicted molar refractivity (Wildman–Crippen MR) is 99.3 cm³/mol. The molecule has 1 heterocycles. The summed E-state index contributed by atoms with van der Waals surface area (Å²) in [5.74, 6) is 0.583. The van der Waals surface area contributed by atoms with Crippen LogP contribution in [-0.2, 0) is 21.1 Å². The molecule has 2 aromatic rings. The molecule has 138 valence electrons. The van der Waals surface area contributed by atoms with Gasteiger partial charge >= 0.3 is 0 Å². The highest BCUT2D eigenvalue weighted by Gasteiger charge is 2.18. The molecule has 3 rings (SSSR count). The Hall–Kier alpha value is -1.96. The van der Waals surface area contributed by atoms with Crippen LogP contribution in [0.2, 0.25) is 10.0 Å². The normalized spacial score (nSPS) is 13.3. The van der Waals surface area contributed by atoms with E-state index in [9.17, 15) is 13.2 Å². The van der Waals surface area contributed by atoms with Crippen molar-refractivity contribution in [3.8, 4) is 11.5 Å². The maximum atomic E-state index is 12.3. The highest BCUT2D eigenvalue weighted by atomic mass is 35.5. The second-order valence-corrected chi connectivity index (χ2v) is 8.57. The Balaban J connectivity index is 1.79. The molecule has 0 aliphatic carbocycles. The first-order chi connectivity index (χ1) is 12.2. The first-order valence-electron chi connectivity index (χ1n) is 7.61. The van der Waals surface area contributed by atoms with Gasteiger partial charge in [0, 0.05) is 6.26 Å². The number of carbonyl (C=O) groups is 1. The summed E-state index contributed by atoms with van der Waals surface area (Å²) in [5.41, 5.74) is 0.857. The first-order valence-corrected chi connectivity index (χ1v) is 10.3. The van der Waals surface area contributed by atoms with Crippen molar-refractivity contribution in [2.75, 3.05) is 24.8 Å². The summed E-state index contributed by atoms with van der Waals surface area (Å²) in [6, 6.07) is 7.45. The third-order valence-electron chi connectivity index (χ3n) is 3.66. The highest BCUT2D eigenvalue weighted by Crippen LogP contribution is 2.38. The SMILES string of the molecule is CS(=O)(=O)c1ccc(Cl)c(NC(=O)Cc2cc(Cl)c3c(c2)OCCO3)c1. The molecule has 0 saturated heterocycles. The molecule has 0 saturated carbocycles. The van der Waals surface area contributed by atoms with Gasteiger partial charge < -0.3 is 14.8 Å². The van der Waals surface area contributed by atoms with Gasteiger partial charge in [0.25, 0.3) is 0 Å². The molecule has 1 aliphatic heterocycles. The number of carbonyl (C=O) groups excluding carboxylic acids is 1. The van der Waals surface area contributed by atoms with E-state index in [1.165, 1.54) is 18.2 Å². The lowest BCUT2D eigenvalue weighted by molar-refractivity contribution is -0.115. The molecule has 26 heavy (non-hydrogen) atoms. The number of amides is 1. The van der Waals surface area contributed by atoms with Crippen molar-refractivity contribution in [2.45, 2.75) is 11.3 Å². The Kier molecular flexibility index (Phi) is 5.32. The van der Waals surface area contributed by atoms with Crippen molar-refractivity contribution in [3.63, 3.8) is 0 Å². The third kappa shape index (κ3) is 4.23. The first kappa shape index (κ1) is 18.8. The Morgan fingerprint density at radius 2 is 1.85 bits per heavy atom. The zero-order valence-electron chi connectivity index (χ0n) is 13.7. The number of sulfone groups is 1. The van der Waals surface area contributed by atoms with Crippen LogP contribution in [0.15, 0.2) is 35.2 Å². The van der Waals surface area contributed by atoms with E-state index in [0.717, 1.165) is 6.26 Å². The largest absolute Gasteiger partial charge is 0.486 e. The number of ether oxygens (including phenoxy) is 2. The predicted octanol–water partition coefficient (Wildman–Crippen LogP) is 3.35. The molecule has 0 aromatic heterocycles. The minimum absolute atomic E-state index is 0.00971. The highest BCUT2D eigenvalue weighted by molar-refractivity contribution is 7.90. The minimum atomic E-state index is -3.41. The van der Waals surface area contributed by atoms with Gasteiger partial charge in [0.05, 0.1) is 27.0 Å². The minimum Gasteiger partial charge on any atom is -0.486 e. The van der Waals surface area contributed by atoms with Crippen LogP contribution in [0.3, 0.4) is 0 Å². The zero-order chi connectivity index (χ0) is 18.9. The quantitative estimate of drug-likeness (QED) is 0.827. The molecular weight excluding hydrogens is 401 g/mol. The van der Waals surface area contributed by atoms with Crippen molar-refractivity contribution in [1.29, 1.82) is 0 Å². The monoisotopic (exact) mass is 415 g/mol. The Labute approximate surface area is 160 Å². The fourth-order valence-electron chi connectivity index (χ4n) is 2.48. The molecule has 9 heteroatoms. The molecule has 1 amide bonds. The third-order valence-corrected chi connectivity index (χ3v) is 5.38. The van der Waals surface area contributed by atoms with Crippen molar-refractivity contribution in [2.24, 2.45) is 0 Å². The molecule has 0 atom stereocenters. The van der Waals surface area contributed by atoms with E-state index in [0.29, 0.717) is 35.3 Å². The summed E-state index contributed by atoms with van der Waals surface area (Å²) in [7, 11) is -3.41. The van der Waals surface area contributed by atoms with Crippen LogP contribution in [0, 0.1) is 0 Å². The van der Waals surface area contributed by atoms with Crippen molar-refractivity contribution < 1.29 is 22.7 Å². The number of rotatable bonds is 4. The lowest BCUT2D eigenvalue weighted by Crippen LogP contribution is -2.17. The Bertz CT molecular complexity index is 975. The molecule has 2 aromatic carbocycles. The number of hydrogen-bond acceptors (Lipinski definition) is 5. The van der Waals surface area contributed by atoms with Gasteiger partial charge in [0.15, 0.2) is 21.3 Å². The maximum Gasteiger partial charge on any atom is 0.228 e. The fourth-order valence-corrected chi connectivity index (χ4v) is 3.58. The topological polar surface area (TPSA) is 81.7 Å². The van der Waals surface area contributed by atoms with E-state index in [-0.39, 0.29) is 27.9 Å². The van der Waals surface area contributed by atoms with E-state index in [1.54, 1.807) is 12.1 Å². The van der Waals surface area contributed by atoms with Crippen LogP contribution >= 0.6 is 23.2 Å². The van der Waals surface area contributed by atoms with Gasteiger partial charge in [0.2, 0.25) is 5.91 Å². The fraction of sp³-hybridized carbons (Fsp3) is 0.235. The number of nitrogens with one attached hydrogen (secondary N) is 1. The number of fused-ring (bicyclic) bond motifs is 1. The van der Waals surface area contributed by atoms with Crippen molar-refractivity contribution in [3.05, 3.63) is 45.9 Å². The zero-order valence-corrected chi connectivity index (χ0v) is 16.0. The number of benzene rings is 2. The molecule has 6 nitrogen and oxygen atoms in total. The second-order valence-electron chi connectivity index (χ2n) is 5.74. The summed E-state index contributed by atoms with van der Waals surface area (Å²) < 4.78 is 34.2. The van der Waals surface area contributed by atoms with Crippen molar-refractivity contribution in [1.82, 2.24) is 0 Å². The maximum absolute atomic E-state index is 12.3. The summed E-state index contributed by atoms with van der Waals surface area (Å²) >= 11 is 12.2. The summed E-state index contributed by atoms with van der Waals surface area (Å²) in [4.78, 5) is 12.4. The average molecular weight is 416 g/mol. The van der Waals surface area contributed by atoms with Crippen molar-refractivity contribution >= 4 is 44.6 Å². The lowest BCUT2D eigenvalue weighted by Gasteiger charge is -2.20. The van der Waals surface area contributed by atoms with Crippen LogP contribution in [0.5, 0.6) is 11.5 Å². The van der Waals surface area contributed by atoms with E-state index in [2.05, 4.69) is 5.32 Å². The van der Waals surface area contributed by atoms with Crippen LogP contribution in [0.1, 0.15) is 5.56 Å². The Morgan fingerprint density at radius 3 is 2.58 bits per heavy atom. The van der Waals surface area contributed by atoms with E-state index < -0.39 is 9.84 Å². The van der Waals surface area contributed by atoms with Crippen LogP contribution in [0.25, 0.3) is 0 Å². The number of halogens is 2.